The Hall–Kier alpha value is -0.130. The highest BCUT2D eigenvalue weighted by Gasteiger charge is 2.25. The van der Waals surface area contributed by atoms with Gasteiger partial charge in [-0.15, -0.1) is 0 Å². The molecule has 1 aliphatic heterocycles. The summed E-state index contributed by atoms with van der Waals surface area (Å²) in [5, 5.41) is 3.28. The average molecular weight is 246 g/mol. The van der Waals surface area contributed by atoms with Crippen molar-refractivity contribution in [3.8, 4) is 0 Å². The number of hydrogen-bond donors (Lipinski definition) is 2. The van der Waals surface area contributed by atoms with Crippen molar-refractivity contribution in [3.05, 3.63) is 0 Å². The van der Waals surface area contributed by atoms with Crippen LogP contribution < -0.4 is 10.0 Å². The minimum absolute atomic E-state index is 0.160. The zero-order valence-corrected chi connectivity index (χ0v) is 10.6. The molecule has 0 aromatic rings. The van der Waals surface area contributed by atoms with Crippen LogP contribution in [-0.2, 0) is 10.0 Å². The standard InChI is InChI=1S/C11H22N2O2S/c14-16(15,13-10-5-1-2-6-10)9-11-7-3-4-8-12-11/h10-13H,1-9H2. The Balaban J connectivity index is 1.81. The lowest BCUT2D eigenvalue weighted by Gasteiger charge is -2.24. The first-order valence-electron chi connectivity index (χ1n) is 6.39. The topological polar surface area (TPSA) is 58.2 Å². The summed E-state index contributed by atoms with van der Waals surface area (Å²) >= 11 is 0. The van der Waals surface area contributed by atoms with E-state index in [-0.39, 0.29) is 17.8 Å². The van der Waals surface area contributed by atoms with E-state index in [0.29, 0.717) is 0 Å². The van der Waals surface area contributed by atoms with Gasteiger partial charge in [-0.2, -0.15) is 0 Å². The molecule has 2 aliphatic rings. The van der Waals surface area contributed by atoms with Gasteiger partial charge >= 0.3 is 0 Å². The summed E-state index contributed by atoms with van der Waals surface area (Å²) < 4.78 is 26.6. The lowest BCUT2D eigenvalue weighted by Crippen LogP contribution is -2.44. The second-order valence-corrected chi connectivity index (χ2v) is 6.83. The van der Waals surface area contributed by atoms with Crippen molar-refractivity contribution in [2.45, 2.75) is 57.0 Å². The van der Waals surface area contributed by atoms with Gasteiger partial charge in [-0.1, -0.05) is 19.3 Å². The summed E-state index contributed by atoms with van der Waals surface area (Å²) in [7, 11) is -3.08. The molecule has 16 heavy (non-hydrogen) atoms. The van der Waals surface area contributed by atoms with Crippen molar-refractivity contribution in [1.29, 1.82) is 0 Å². The largest absolute Gasteiger partial charge is 0.313 e. The van der Waals surface area contributed by atoms with E-state index < -0.39 is 10.0 Å². The Morgan fingerprint density at radius 3 is 2.38 bits per heavy atom. The van der Waals surface area contributed by atoms with Crippen LogP contribution in [0.15, 0.2) is 0 Å². The van der Waals surface area contributed by atoms with E-state index in [9.17, 15) is 8.42 Å². The van der Waals surface area contributed by atoms with Crippen LogP contribution in [0.5, 0.6) is 0 Å². The molecule has 1 aliphatic carbocycles. The number of rotatable bonds is 4. The third-order valence-corrected chi connectivity index (χ3v) is 5.07. The molecular weight excluding hydrogens is 224 g/mol. The lowest BCUT2D eigenvalue weighted by molar-refractivity contribution is 0.421. The molecule has 4 nitrogen and oxygen atoms in total. The smallest absolute Gasteiger partial charge is 0.213 e. The molecule has 94 valence electrons. The normalized spacial score (nSPS) is 28.4. The van der Waals surface area contributed by atoms with E-state index in [1.165, 1.54) is 6.42 Å². The zero-order chi connectivity index (χ0) is 11.4. The van der Waals surface area contributed by atoms with Crippen LogP contribution in [0.1, 0.15) is 44.9 Å². The minimum atomic E-state index is -3.08. The molecule has 1 saturated carbocycles. The molecule has 0 bridgehead atoms. The van der Waals surface area contributed by atoms with Crippen LogP contribution in [0.4, 0.5) is 0 Å². The second-order valence-electron chi connectivity index (χ2n) is 5.03. The molecule has 0 amide bonds. The van der Waals surface area contributed by atoms with E-state index in [1.807, 2.05) is 0 Å². The number of hydrogen-bond acceptors (Lipinski definition) is 3. The predicted molar refractivity (Wildman–Crippen MR) is 64.8 cm³/mol. The number of piperidine rings is 1. The van der Waals surface area contributed by atoms with E-state index >= 15 is 0 Å². The van der Waals surface area contributed by atoms with E-state index in [0.717, 1.165) is 45.1 Å². The van der Waals surface area contributed by atoms with Crippen LogP contribution in [0.2, 0.25) is 0 Å². The third-order valence-electron chi connectivity index (χ3n) is 3.53. The summed E-state index contributed by atoms with van der Waals surface area (Å²) in [5.41, 5.74) is 0. The fourth-order valence-electron chi connectivity index (χ4n) is 2.68. The van der Waals surface area contributed by atoms with Crippen LogP contribution in [-0.4, -0.2) is 32.8 Å². The first-order chi connectivity index (χ1) is 7.66. The van der Waals surface area contributed by atoms with Gasteiger partial charge in [-0.05, 0) is 32.2 Å². The molecule has 0 aromatic heterocycles. The Bertz CT molecular complexity index is 304. The SMILES string of the molecule is O=S(=O)(CC1CCCCN1)NC1CCCC1. The van der Waals surface area contributed by atoms with Gasteiger partial charge in [-0.3, -0.25) is 0 Å². The Labute approximate surface area is 98.2 Å². The molecule has 2 fully saturated rings. The molecule has 5 heteroatoms. The van der Waals surface area contributed by atoms with Gasteiger partial charge in [-0.25, -0.2) is 13.1 Å². The number of sulfonamides is 1. The van der Waals surface area contributed by atoms with Crippen LogP contribution in [0.3, 0.4) is 0 Å². The molecule has 1 unspecified atom stereocenters. The average Bonchev–Trinajstić information content (AvgIpc) is 2.70. The van der Waals surface area contributed by atoms with Gasteiger partial charge in [0.15, 0.2) is 0 Å². The predicted octanol–water partition coefficient (Wildman–Crippen LogP) is 0.990. The van der Waals surface area contributed by atoms with Crippen LogP contribution in [0.25, 0.3) is 0 Å². The summed E-state index contributed by atoms with van der Waals surface area (Å²) in [6.45, 7) is 0.962. The highest BCUT2D eigenvalue weighted by Crippen LogP contribution is 2.19. The molecule has 1 heterocycles. The van der Waals surface area contributed by atoms with Crippen molar-refractivity contribution in [3.63, 3.8) is 0 Å². The van der Waals surface area contributed by atoms with Crippen molar-refractivity contribution in [2.24, 2.45) is 0 Å². The van der Waals surface area contributed by atoms with Gasteiger partial charge in [0.25, 0.3) is 0 Å². The van der Waals surface area contributed by atoms with Crippen molar-refractivity contribution >= 4 is 10.0 Å². The Morgan fingerprint density at radius 2 is 1.75 bits per heavy atom. The molecule has 0 spiro atoms. The summed E-state index contributed by atoms with van der Waals surface area (Å²) in [6.07, 6.45) is 7.66. The molecule has 1 atom stereocenters. The maximum absolute atomic E-state index is 11.9. The quantitative estimate of drug-likeness (QED) is 0.778. The zero-order valence-electron chi connectivity index (χ0n) is 9.74. The molecule has 0 aromatic carbocycles. The molecule has 1 saturated heterocycles. The fraction of sp³-hybridized carbons (Fsp3) is 1.00. The lowest BCUT2D eigenvalue weighted by atomic mass is 10.1. The highest BCUT2D eigenvalue weighted by atomic mass is 32.2. The van der Waals surface area contributed by atoms with Gasteiger partial charge < -0.3 is 5.32 Å². The van der Waals surface area contributed by atoms with Crippen LogP contribution >= 0.6 is 0 Å². The van der Waals surface area contributed by atoms with Crippen molar-refractivity contribution in [1.82, 2.24) is 10.0 Å². The summed E-state index contributed by atoms with van der Waals surface area (Å²) in [5.74, 6) is 0.253. The Morgan fingerprint density at radius 1 is 1.06 bits per heavy atom. The Kier molecular flexibility index (Phi) is 4.21. The van der Waals surface area contributed by atoms with Gasteiger partial charge in [0.05, 0.1) is 5.75 Å². The first kappa shape index (κ1) is 12.3. The minimum Gasteiger partial charge on any atom is -0.313 e. The van der Waals surface area contributed by atoms with Gasteiger partial charge in [0, 0.05) is 12.1 Å². The molecule has 2 rings (SSSR count). The number of nitrogens with one attached hydrogen (secondary N) is 2. The van der Waals surface area contributed by atoms with Crippen molar-refractivity contribution < 1.29 is 8.42 Å². The van der Waals surface area contributed by atoms with Crippen molar-refractivity contribution in [2.75, 3.05) is 12.3 Å². The van der Waals surface area contributed by atoms with E-state index in [4.69, 9.17) is 0 Å². The maximum atomic E-state index is 11.9. The summed E-state index contributed by atoms with van der Waals surface area (Å²) in [4.78, 5) is 0. The van der Waals surface area contributed by atoms with Gasteiger partial charge in [0.2, 0.25) is 10.0 Å². The third kappa shape index (κ3) is 3.71. The molecule has 2 N–H and O–H groups in total. The molecular formula is C11H22N2O2S. The van der Waals surface area contributed by atoms with E-state index in [1.54, 1.807) is 0 Å². The summed E-state index contributed by atoms with van der Waals surface area (Å²) in [6, 6.07) is 0.362. The van der Waals surface area contributed by atoms with Gasteiger partial charge in [0.1, 0.15) is 0 Å². The second kappa shape index (κ2) is 5.47. The molecule has 0 radical (unpaired) electrons. The van der Waals surface area contributed by atoms with E-state index in [2.05, 4.69) is 10.0 Å². The highest BCUT2D eigenvalue weighted by molar-refractivity contribution is 7.89. The fourth-order valence-corrected chi connectivity index (χ4v) is 4.33. The first-order valence-corrected chi connectivity index (χ1v) is 8.04. The monoisotopic (exact) mass is 246 g/mol. The maximum Gasteiger partial charge on any atom is 0.213 e. The van der Waals surface area contributed by atoms with Crippen LogP contribution in [0, 0.1) is 0 Å².